The highest BCUT2D eigenvalue weighted by molar-refractivity contribution is 5.93. The standard InChI is InChI=1S/C25H28F3N3O2/c1-15(16-5-4-6-17(23(16)26)24(27)28)31-20-7-10-30-21-14-22(32-2)19(13-18(20)21)25(33-3)8-11-29-12-9-25/h4-7,10,13-15,24,29H,8-9,11-12H2,1-3H3,(H,30,31). The Morgan fingerprint density at radius 2 is 1.82 bits per heavy atom. The number of nitrogens with one attached hydrogen (secondary N) is 2. The third-order valence-electron chi connectivity index (χ3n) is 6.49. The summed E-state index contributed by atoms with van der Waals surface area (Å²) in [5.41, 5.74) is 1.43. The molecular formula is C25H28F3N3O2. The topological polar surface area (TPSA) is 55.4 Å². The molecule has 0 amide bonds. The Morgan fingerprint density at radius 3 is 2.48 bits per heavy atom. The molecule has 3 aromatic rings. The largest absolute Gasteiger partial charge is 0.496 e. The predicted octanol–water partition coefficient (Wildman–Crippen LogP) is 5.72. The first-order chi connectivity index (χ1) is 15.9. The zero-order valence-electron chi connectivity index (χ0n) is 18.9. The molecule has 2 heterocycles. The van der Waals surface area contributed by atoms with Crippen molar-refractivity contribution in [1.29, 1.82) is 0 Å². The smallest absolute Gasteiger partial charge is 0.266 e. The van der Waals surface area contributed by atoms with Gasteiger partial charge in [0.1, 0.15) is 11.6 Å². The molecule has 1 atom stereocenters. The molecule has 1 saturated heterocycles. The maximum atomic E-state index is 14.7. The molecule has 4 rings (SSSR count). The van der Waals surface area contributed by atoms with Crippen LogP contribution in [-0.4, -0.2) is 32.3 Å². The van der Waals surface area contributed by atoms with Gasteiger partial charge in [-0.05, 0) is 45.0 Å². The normalized spacial score (nSPS) is 16.7. The number of aromatic nitrogens is 1. The van der Waals surface area contributed by atoms with Crippen LogP contribution >= 0.6 is 0 Å². The fraction of sp³-hybridized carbons (Fsp3) is 0.400. The Bertz CT molecular complexity index is 1130. The van der Waals surface area contributed by atoms with Gasteiger partial charge in [0.25, 0.3) is 6.43 Å². The number of anilines is 1. The second kappa shape index (κ2) is 9.57. The average Bonchev–Trinajstić information content (AvgIpc) is 2.83. The summed E-state index contributed by atoms with van der Waals surface area (Å²) in [5, 5.41) is 7.46. The Morgan fingerprint density at radius 1 is 1.09 bits per heavy atom. The molecule has 1 unspecified atom stereocenters. The maximum absolute atomic E-state index is 14.7. The Kier molecular flexibility index (Phi) is 6.76. The summed E-state index contributed by atoms with van der Waals surface area (Å²) >= 11 is 0. The van der Waals surface area contributed by atoms with E-state index in [4.69, 9.17) is 9.47 Å². The number of methoxy groups -OCH3 is 2. The zero-order chi connectivity index (χ0) is 23.6. The number of hydrogen-bond acceptors (Lipinski definition) is 5. The molecule has 0 saturated carbocycles. The van der Waals surface area contributed by atoms with Crippen LogP contribution in [0.1, 0.15) is 48.9 Å². The van der Waals surface area contributed by atoms with Gasteiger partial charge in [-0.1, -0.05) is 18.2 Å². The number of benzene rings is 2. The Labute approximate surface area is 191 Å². The number of alkyl halides is 2. The van der Waals surface area contributed by atoms with E-state index >= 15 is 0 Å². The van der Waals surface area contributed by atoms with Crippen LogP contribution in [0.4, 0.5) is 18.9 Å². The van der Waals surface area contributed by atoms with E-state index in [1.54, 1.807) is 33.4 Å². The lowest BCUT2D eigenvalue weighted by Crippen LogP contribution is -2.41. The molecule has 1 aliphatic heterocycles. The molecule has 0 bridgehead atoms. The summed E-state index contributed by atoms with van der Waals surface area (Å²) in [4.78, 5) is 4.47. The van der Waals surface area contributed by atoms with Gasteiger partial charge in [-0.2, -0.15) is 0 Å². The zero-order valence-corrected chi connectivity index (χ0v) is 18.9. The minimum Gasteiger partial charge on any atom is -0.496 e. The lowest BCUT2D eigenvalue weighted by molar-refractivity contribution is -0.0405. The van der Waals surface area contributed by atoms with E-state index in [2.05, 4.69) is 15.6 Å². The van der Waals surface area contributed by atoms with Crippen molar-refractivity contribution in [2.75, 3.05) is 32.6 Å². The van der Waals surface area contributed by atoms with Crippen molar-refractivity contribution in [3.63, 3.8) is 0 Å². The molecular weight excluding hydrogens is 431 g/mol. The van der Waals surface area contributed by atoms with Gasteiger partial charge in [0, 0.05) is 41.6 Å². The van der Waals surface area contributed by atoms with E-state index in [1.165, 1.54) is 12.1 Å². The first-order valence-corrected chi connectivity index (χ1v) is 11.0. The third kappa shape index (κ3) is 4.37. The van der Waals surface area contributed by atoms with Gasteiger partial charge in [-0.15, -0.1) is 0 Å². The molecule has 1 aliphatic rings. The number of ether oxygens (including phenoxy) is 2. The second-order valence-corrected chi connectivity index (χ2v) is 8.29. The van der Waals surface area contributed by atoms with E-state index in [0.717, 1.165) is 48.6 Å². The molecule has 2 aromatic carbocycles. The summed E-state index contributed by atoms with van der Waals surface area (Å²) in [6.45, 7) is 3.39. The molecule has 33 heavy (non-hydrogen) atoms. The molecule has 1 fully saturated rings. The van der Waals surface area contributed by atoms with E-state index in [9.17, 15) is 13.2 Å². The fourth-order valence-corrected chi connectivity index (χ4v) is 4.62. The van der Waals surface area contributed by atoms with E-state index in [-0.39, 0.29) is 5.56 Å². The van der Waals surface area contributed by atoms with Crippen LogP contribution < -0.4 is 15.4 Å². The number of halogens is 3. The van der Waals surface area contributed by atoms with Crippen molar-refractivity contribution in [3.8, 4) is 5.75 Å². The van der Waals surface area contributed by atoms with Crippen LogP contribution in [0.15, 0.2) is 42.6 Å². The highest BCUT2D eigenvalue weighted by Crippen LogP contribution is 2.42. The van der Waals surface area contributed by atoms with E-state index in [0.29, 0.717) is 11.3 Å². The molecule has 2 N–H and O–H groups in total. The second-order valence-electron chi connectivity index (χ2n) is 8.29. The quantitative estimate of drug-likeness (QED) is 0.473. The number of nitrogens with zero attached hydrogens (tertiary/aromatic N) is 1. The monoisotopic (exact) mass is 459 g/mol. The molecule has 0 aliphatic carbocycles. The summed E-state index contributed by atoms with van der Waals surface area (Å²) in [6.07, 6.45) is 0.357. The predicted molar refractivity (Wildman–Crippen MR) is 122 cm³/mol. The van der Waals surface area contributed by atoms with Crippen LogP contribution in [0.3, 0.4) is 0 Å². The number of hydrogen-bond donors (Lipinski definition) is 2. The molecule has 8 heteroatoms. The van der Waals surface area contributed by atoms with Crippen LogP contribution in [0.5, 0.6) is 5.75 Å². The SMILES string of the molecule is COc1cc2nccc(NC(C)c3cccc(C(F)F)c3F)c2cc1C1(OC)CCNCC1. The van der Waals surface area contributed by atoms with Crippen molar-refractivity contribution < 1.29 is 22.6 Å². The Balaban J connectivity index is 1.77. The van der Waals surface area contributed by atoms with Crippen LogP contribution in [-0.2, 0) is 10.3 Å². The minimum absolute atomic E-state index is 0.179. The fourth-order valence-electron chi connectivity index (χ4n) is 4.62. The van der Waals surface area contributed by atoms with Gasteiger partial charge in [0.2, 0.25) is 0 Å². The van der Waals surface area contributed by atoms with E-state index < -0.39 is 29.4 Å². The van der Waals surface area contributed by atoms with Gasteiger partial charge < -0.3 is 20.1 Å². The number of piperidine rings is 1. The van der Waals surface area contributed by atoms with Gasteiger partial charge in [0.15, 0.2) is 0 Å². The highest BCUT2D eigenvalue weighted by atomic mass is 19.3. The van der Waals surface area contributed by atoms with Gasteiger partial charge in [-0.3, -0.25) is 4.98 Å². The lowest BCUT2D eigenvalue weighted by atomic mass is 9.83. The summed E-state index contributed by atoms with van der Waals surface area (Å²) in [6, 6.07) is 9.22. The van der Waals surface area contributed by atoms with Crippen molar-refractivity contribution in [2.24, 2.45) is 0 Å². The van der Waals surface area contributed by atoms with Crippen LogP contribution in [0, 0.1) is 5.82 Å². The molecule has 5 nitrogen and oxygen atoms in total. The first-order valence-electron chi connectivity index (χ1n) is 11.0. The molecule has 176 valence electrons. The van der Waals surface area contributed by atoms with Gasteiger partial charge >= 0.3 is 0 Å². The van der Waals surface area contributed by atoms with Gasteiger partial charge in [0.05, 0.1) is 29.8 Å². The summed E-state index contributed by atoms with van der Waals surface area (Å²) in [5.74, 6) is -0.194. The minimum atomic E-state index is -2.87. The van der Waals surface area contributed by atoms with E-state index in [1.807, 2.05) is 12.1 Å². The van der Waals surface area contributed by atoms with Crippen molar-refractivity contribution in [2.45, 2.75) is 37.8 Å². The molecule has 0 radical (unpaired) electrons. The number of pyridine rings is 1. The summed E-state index contributed by atoms with van der Waals surface area (Å²) < 4.78 is 52.8. The van der Waals surface area contributed by atoms with Crippen LogP contribution in [0.25, 0.3) is 10.9 Å². The molecule has 1 aromatic heterocycles. The Hall–Kier alpha value is -2.84. The maximum Gasteiger partial charge on any atom is 0.266 e. The third-order valence-corrected chi connectivity index (χ3v) is 6.49. The summed E-state index contributed by atoms with van der Waals surface area (Å²) in [7, 11) is 3.33. The van der Waals surface area contributed by atoms with Crippen molar-refractivity contribution in [1.82, 2.24) is 10.3 Å². The van der Waals surface area contributed by atoms with Gasteiger partial charge in [-0.25, -0.2) is 13.2 Å². The average molecular weight is 460 g/mol. The lowest BCUT2D eigenvalue weighted by Gasteiger charge is -2.37. The first kappa shape index (κ1) is 23.3. The van der Waals surface area contributed by atoms with Crippen molar-refractivity contribution in [3.05, 3.63) is 65.1 Å². The molecule has 0 spiro atoms. The number of rotatable bonds is 7. The van der Waals surface area contributed by atoms with Crippen molar-refractivity contribution >= 4 is 16.6 Å². The highest BCUT2D eigenvalue weighted by Gasteiger charge is 2.37. The number of fused-ring (bicyclic) bond motifs is 1. The van der Waals surface area contributed by atoms with Crippen LogP contribution in [0.2, 0.25) is 0 Å².